The van der Waals surface area contributed by atoms with Gasteiger partial charge in [0.05, 0.1) is 16.8 Å². The summed E-state index contributed by atoms with van der Waals surface area (Å²) >= 11 is 3.27. The molecule has 1 aromatic heterocycles. The number of allylic oxidation sites excluding steroid dienone is 4. The Morgan fingerprint density at radius 2 is 2.00 bits per heavy atom. The second-order valence-corrected chi connectivity index (χ2v) is 6.17. The first-order valence-electron chi connectivity index (χ1n) is 7.00. The van der Waals surface area contributed by atoms with E-state index in [2.05, 4.69) is 34.1 Å². The number of carboxylic acid groups (broad SMARTS) is 1. The van der Waals surface area contributed by atoms with Crippen molar-refractivity contribution in [3.05, 3.63) is 70.4 Å². The molecule has 0 atom stereocenters. The number of rotatable bonds is 4. The van der Waals surface area contributed by atoms with E-state index in [-0.39, 0.29) is 22.4 Å². The number of nitrogens with zero attached hydrogens (tertiary/aromatic N) is 1. The predicted octanol–water partition coefficient (Wildman–Crippen LogP) is 5.69. The van der Waals surface area contributed by atoms with Gasteiger partial charge in [0, 0.05) is 21.0 Å². The van der Waals surface area contributed by atoms with E-state index < -0.39 is 17.7 Å². The number of aromatic nitrogens is 1. The molecule has 1 N–H and O–H groups in total. The maximum atomic E-state index is 12.8. The van der Waals surface area contributed by atoms with Crippen LogP contribution in [0.15, 0.2) is 53.6 Å². The number of carbonyl (C=O) groups is 1. The van der Waals surface area contributed by atoms with Crippen LogP contribution in [0.25, 0.3) is 16.5 Å². The Bertz CT molecular complexity index is 930. The lowest BCUT2D eigenvalue weighted by molar-refractivity contribution is -0.0877. The number of fused-ring (bicyclic) bond motifs is 1. The maximum Gasteiger partial charge on any atom is 0.415 e. The van der Waals surface area contributed by atoms with E-state index in [4.69, 9.17) is 0 Å². The first-order chi connectivity index (χ1) is 11.6. The van der Waals surface area contributed by atoms with Crippen LogP contribution in [0.3, 0.4) is 0 Å². The Labute approximate surface area is 150 Å². The molecule has 0 aliphatic heterocycles. The van der Waals surface area contributed by atoms with Gasteiger partial charge in [-0.05, 0) is 36.8 Å². The summed E-state index contributed by atoms with van der Waals surface area (Å²) in [5.74, 6) is -1.19. The van der Waals surface area contributed by atoms with Crippen molar-refractivity contribution in [2.24, 2.45) is 0 Å². The molecule has 25 heavy (non-hydrogen) atoms. The van der Waals surface area contributed by atoms with Gasteiger partial charge in [0.15, 0.2) is 0 Å². The third-order valence-electron chi connectivity index (χ3n) is 3.59. The number of pyridine rings is 1. The SMILES string of the molecule is C=C/C(=C\C(=C)C(F)(F)F)c1nc2ccc(Br)cc2c(C(=O)O)c1C. The summed E-state index contributed by atoms with van der Waals surface area (Å²) in [4.78, 5) is 16.0. The van der Waals surface area contributed by atoms with Gasteiger partial charge in [-0.15, -0.1) is 0 Å². The zero-order valence-electron chi connectivity index (χ0n) is 13.1. The van der Waals surface area contributed by atoms with E-state index in [1.165, 1.54) is 13.0 Å². The molecule has 0 bridgehead atoms. The van der Waals surface area contributed by atoms with Gasteiger partial charge >= 0.3 is 12.1 Å². The summed E-state index contributed by atoms with van der Waals surface area (Å²) in [6, 6.07) is 4.87. The summed E-state index contributed by atoms with van der Waals surface area (Å²) in [6.07, 6.45) is -2.60. The molecule has 1 aromatic carbocycles. The molecule has 0 spiro atoms. The van der Waals surface area contributed by atoms with Crippen molar-refractivity contribution < 1.29 is 23.1 Å². The molecule has 3 nitrogen and oxygen atoms in total. The zero-order chi connectivity index (χ0) is 18.9. The third kappa shape index (κ3) is 3.82. The fourth-order valence-electron chi connectivity index (χ4n) is 2.38. The van der Waals surface area contributed by atoms with E-state index in [1.54, 1.807) is 18.2 Å². The van der Waals surface area contributed by atoms with E-state index in [1.807, 2.05) is 0 Å². The first-order valence-corrected chi connectivity index (χ1v) is 7.79. The van der Waals surface area contributed by atoms with Gasteiger partial charge in [0.1, 0.15) is 0 Å². The number of benzene rings is 1. The second-order valence-electron chi connectivity index (χ2n) is 5.25. The van der Waals surface area contributed by atoms with Crippen molar-refractivity contribution in [2.75, 3.05) is 0 Å². The van der Waals surface area contributed by atoms with Crippen molar-refractivity contribution >= 4 is 38.4 Å². The minimum Gasteiger partial charge on any atom is -0.478 e. The number of halogens is 4. The molecule has 0 saturated heterocycles. The van der Waals surface area contributed by atoms with E-state index in [0.717, 1.165) is 6.08 Å². The largest absolute Gasteiger partial charge is 0.478 e. The lowest BCUT2D eigenvalue weighted by Gasteiger charge is -2.14. The highest BCUT2D eigenvalue weighted by atomic mass is 79.9. The van der Waals surface area contributed by atoms with Crippen molar-refractivity contribution in [1.82, 2.24) is 4.98 Å². The van der Waals surface area contributed by atoms with Crippen LogP contribution in [0.4, 0.5) is 13.2 Å². The maximum absolute atomic E-state index is 12.8. The van der Waals surface area contributed by atoms with Crippen LogP contribution in [-0.2, 0) is 0 Å². The van der Waals surface area contributed by atoms with Crippen LogP contribution >= 0.6 is 15.9 Å². The molecule has 0 aliphatic rings. The highest BCUT2D eigenvalue weighted by Crippen LogP contribution is 2.32. The van der Waals surface area contributed by atoms with Gasteiger partial charge in [0.2, 0.25) is 0 Å². The second kappa shape index (κ2) is 6.84. The lowest BCUT2D eigenvalue weighted by Crippen LogP contribution is -2.10. The van der Waals surface area contributed by atoms with Gasteiger partial charge in [0.25, 0.3) is 0 Å². The summed E-state index contributed by atoms with van der Waals surface area (Å²) in [5, 5.41) is 9.95. The Kier molecular flexibility index (Phi) is 5.17. The van der Waals surface area contributed by atoms with Gasteiger partial charge in [-0.3, -0.25) is 0 Å². The Balaban J connectivity index is 2.81. The summed E-state index contributed by atoms with van der Waals surface area (Å²) in [5.41, 5.74) is -0.325. The van der Waals surface area contributed by atoms with Crippen LogP contribution < -0.4 is 0 Å². The van der Waals surface area contributed by atoms with Crippen LogP contribution in [0.2, 0.25) is 0 Å². The minimum atomic E-state index is -4.60. The molecule has 0 fully saturated rings. The van der Waals surface area contributed by atoms with Crippen molar-refractivity contribution in [3.63, 3.8) is 0 Å². The molecule has 0 saturated carbocycles. The minimum absolute atomic E-state index is 0.0216. The number of hydrogen-bond donors (Lipinski definition) is 1. The zero-order valence-corrected chi connectivity index (χ0v) is 14.7. The normalized spacial score (nSPS) is 12.3. The Morgan fingerprint density at radius 3 is 2.52 bits per heavy atom. The lowest BCUT2D eigenvalue weighted by atomic mass is 9.96. The monoisotopic (exact) mass is 411 g/mol. The molecule has 0 unspecified atom stereocenters. The standard InChI is InChI=1S/C18H13BrF3NO2/c1-4-11(7-9(2)18(20,21)22)16-10(3)15(17(24)25)13-8-12(19)5-6-14(13)23-16/h4-8H,1-2H2,3H3,(H,24,25)/b11-7+. The Hall–Kier alpha value is -2.41. The number of alkyl halides is 3. The van der Waals surface area contributed by atoms with Crippen LogP contribution in [0, 0.1) is 6.92 Å². The highest BCUT2D eigenvalue weighted by molar-refractivity contribution is 9.10. The Morgan fingerprint density at radius 1 is 1.36 bits per heavy atom. The topological polar surface area (TPSA) is 50.2 Å². The van der Waals surface area contributed by atoms with Gasteiger partial charge in [-0.1, -0.05) is 35.2 Å². The van der Waals surface area contributed by atoms with Crippen LogP contribution in [0.5, 0.6) is 0 Å². The first kappa shape index (κ1) is 18.9. The fraction of sp³-hybridized carbons (Fsp3) is 0.111. The van der Waals surface area contributed by atoms with Crippen LogP contribution in [0.1, 0.15) is 21.6 Å². The number of aromatic carboxylic acids is 1. The molecule has 130 valence electrons. The molecule has 0 radical (unpaired) electrons. The summed E-state index contributed by atoms with van der Waals surface area (Å²) in [6.45, 7) is 8.01. The average molecular weight is 412 g/mol. The number of carboxylic acids is 1. The third-order valence-corrected chi connectivity index (χ3v) is 4.08. The molecule has 2 rings (SSSR count). The van der Waals surface area contributed by atoms with Crippen molar-refractivity contribution in [3.8, 4) is 0 Å². The molecule has 2 aromatic rings. The van der Waals surface area contributed by atoms with E-state index >= 15 is 0 Å². The quantitative estimate of drug-likeness (QED) is 0.657. The predicted molar refractivity (Wildman–Crippen MR) is 94.5 cm³/mol. The smallest absolute Gasteiger partial charge is 0.415 e. The summed E-state index contributed by atoms with van der Waals surface area (Å²) in [7, 11) is 0. The van der Waals surface area contributed by atoms with E-state index in [0.29, 0.717) is 15.4 Å². The molecule has 7 heteroatoms. The van der Waals surface area contributed by atoms with Crippen molar-refractivity contribution in [1.29, 1.82) is 0 Å². The molecular formula is C18H13BrF3NO2. The fourth-order valence-corrected chi connectivity index (χ4v) is 2.74. The molecule has 0 amide bonds. The van der Waals surface area contributed by atoms with Gasteiger partial charge < -0.3 is 5.11 Å². The number of hydrogen-bond acceptors (Lipinski definition) is 2. The van der Waals surface area contributed by atoms with Gasteiger partial charge in [-0.2, -0.15) is 13.2 Å². The highest BCUT2D eigenvalue weighted by Gasteiger charge is 2.31. The van der Waals surface area contributed by atoms with Crippen LogP contribution in [-0.4, -0.2) is 22.2 Å². The van der Waals surface area contributed by atoms with Crippen molar-refractivity contribution in [2.45, 2.75) is 13.1 Å². The summed E-state index contributed by atoms with van der Waals surface area (Å²) < 4.78 is 39.0. The van der Waals surface area contributed by atoms with E-state index in [9.17, 15) is 23.1 Å². The van der Waals surface area contributed by atoms with Gasteiger partial charge in [-0.25, -0.2) is 9.78 Å². The average Bonchev–Trinajstić information content (AvgIpc) is 2.50. The molecule has 1 heterocycles. The molecule has 0 aliphatic carbocycles. The molecular weight excluding hydrogens is 399 g/mol.